The van der Waals surface area contributed by atoms with Gasteiger partial charge in [0.1, 0.15) is 0 Å². The molecule has 0 aliphatic heterocycles. The van der Waals surface area contributed by atoms with Crippen LogP contribution in [0.4, 0.5) is 0 Å². The average molecular weight is 308 g/mol. The molecule has 0 heterocycles. The molecular weight excluding hydrogens is 284 g/mol. The summed E-state index contributed by atoms with van der Waals surface area (Å²) in [5, 5.41) is 1.92. The molecule has 0 saturated carbocycles. The zero-order valence-corrected chi connectivity index (χ0v) is 14.6. The Labute approximate surface area is 139 Å². The normalized spacial score (nSPS) is 11.4. The van der Waals surface area contributed by atoms with E-state index >= 15 is 0 Å². The topological polar surface area (TPSA) is 0 Å². The number of aryl methyl sites for hydroxylation is 1. The monoisotopic (exact) mass is 308 g/mol. The molecule has 0 bridgehead atoms. The summed E-state index contributed by atoms with van der Waals surface area (Å²) in [4.78, 5) is 0.855. The quantitative estimate of drug-likeness (QED) is 0.608. The van der Waals surface area contributed by atoms with Crippen molar-refractivity contribution in [3.8, 4) is 0 Å². The van der Waals surface area contributed by atoms with Crippen LogP contribution in [0.5, 0.6) is 0 Å². The predicted octanol–water partition coefficient (Wildman–Crippen LogP) is 4.68. The molecule has 114 valence electrons. The fourth-order valence-electron chi connectivity index (χ4n) is 1.95. The second-order valence-corrected chi connectivity index (χ2v) is 5.86. The van der Waals surface area contributed by atoms with E-state index in [0.29, 0.717) is 0 Å². The molecule has 1 heteroatoms. The first-order valence-electron chi connectivity index (χ1n) is 7.19. The van der Waals surface area contributed by atoms with E-state index in [9.17, 15) is 0 Å². The van der Waals surface area contributed by atoms with Gasteiger partial charge in [-0.3, -0.25) is 0 Å². The van der Waals surface area contributed by atoms with Gasteiger partial charge in [-0.1, -0.05) is 61.7 Å². The van der Waals surface area contributed by atoms with E-state index in [4.69, 9.17) is 0 Å². The molecule has 0 aromatic heterocycles. The third kappa shape index (κ3) is 5.42. The van der Waals surface area contributed by atoms with Crippen molar-refractivity contribution in [3.63, 3.8) is 0 Å². The first-order valence-corrected chi connectivity index (χ1v) is 7.63. The van der Waals surface area contributed by atoms with E-state index in [0.717, 1.165) is 32.0 Å². The summed E-state index contributed by atoms with van der Waals surface area (Å²) in [5.41, 5.74) is 4.51. The van der Waals surface area contributed by atoms with Crippen molar-refractivity contribution in [1.29, 1.82) is 0 Å². The van der Waals surface area contributed by atoms with Gasteiger partial charge in [-0.05, 0) is 60.0 Å². The zero-order valence-electron chi connectivity index (χ0n) is 13.7. The second-order valence-electron chi connectivity index (χ2n) is 5.34. The fourth-order valence-corrected chi connectivity index (χ4v) is 2.25. The molecule has 0 atom stereocenters. The smallest absolute Gasteiger partial charge is 0.00518 e. The molecule has 0 spiro atoms. The lowest BCUT2D eigenvalue weighted by Gasteiger charge is -2.01. The molecule has 0 aliphatic carbocycles. The van der Waals surface area contributed by atoms with Gasteiger partial charge in [0.15, 0.2) is 0 Å². The minimum absolute atomic E-state index is 0.855. The number of thiol groups is 1. The predicted molar refractivity (Wildman–Crippen MR) is 104 cm³/mol. The number of hydrogen-bond donors (Lipinski definition) is 1. The van der Waals surface area contributed by atoms with Crippen molar-refractivity contribution in [2.24, 2.45) is 0 Å². The van der Waals surface area contributed by atoms with Crippen molar-refractivity contribution < 1.29 is 0 Å². The number of hydrogen-bond acceptors (Lipinski definition) is 1. The van der Waals surface area contributed by atoms with Gasteiger partial charge in [0.25, 0.3) is 0 Å². The zero-order chi connectivity index (χ0) is 16.7. The van der Waals surface area contributed by atoms with E-state index < -0.39 is 0 Å². The Morgan fingerprint density at radius 2 is 1.82 bits per heavy atom. The van der Waals surface area contributed by atoms with Gasteiger partial charge < -0.3 is 0 Å². The van der Waals surface area contributed by atoms with Gasteiger partial charge in [0.2, 0.25) is 0 Å². The molecule has 1 aromatic rings. The first kappa shape index (κ1) is 18.1. The van der Waals surface area contributed by atoms with Crippen LogP contribution in [0.3, 0.4) is 0 Å². The van der Waals surface area contributed by atoms with E-state index in [1.54, 1.807) is 6.08 Å². The van der Waals surface area contributed by atoms with Crippen LogP contribution in [0.15, 0.2) is 59.5 Å². The van der Waals surface area contributed by atoms with Gasteiger partial charge in [0.05, 0.1) is 0 Å². The van der Waals surface area contributed by atoms with Crippen molar-refractivity contribution in [1.82, 2.24) is 0 Å². The molecule has 0 saturated heterocycles. The molecule has 22 heavy (non-hydrogen) atoms. The average Bonchev–Trinajstić information content (AvgIpc) is 2.46. The molecule has 0 radical (unpaired) electrons. The highest BCUT2D eigenvalue weighted by Crippen LogP contribution is 2.07. The standard InChI is InChI=1S/C21H24S/c1-7-8-15(2)10-12-20-14-21(22)13-16(3)9-11-17(4)18(5)19(20)6/h7-14,22H,1,3,6H2,2,4-5H3/b11-9?,12-10-,15-8+,18-17?,20-14?,21-13?. The van der Waals surface area contributed by atoms with Crippen molar-refractivity contribution in [3.05, 3.63) is 81.8 Å². The van der Waals surface area contributed by atoms with Crippen molar-refractivity contribution in [2.75, 3.05) is 0 Å². The molecule has 0 amide bonds. The van der Waals surface area contributed by atoms with Crippen LogP contribution in [0.25, 0.3) is 19.2 Å². The molecule has 0 nitrogen and oxygen atoms in total. The van der Waals surface area contributed by atoms with Crippen LogP contribution >= 0.6 is 12.6 Å². The molecule has 1 rings (SSSR count). The number of rotatable bonds is 3. The van der Waals surface area contributed by atoms with E-state index in [2.05, 4.69) is 64.4 Å². The highest BCUT2D eigenvalue weighted by molar-refractivity contribution is 7.80. The van der Waals surface area contributed by atoms with Crippen LogP contribution in [0.2, 0.25) is 0 Å². The van der Waals surface area contributed by atoms with Crippen LogP contribution in [-0.4, -0.2) is 0 Å². The summed E-state index contributed by atoms with van der Waals surface area (Å²) < 4.78 is 0. The molecule has 1 aromatic carbocycles. The lowest BCUT2D eigenvalue weighted by Crippen LogP contribution is -2.07. The van der Waals surface area contributed by atoms with Crippen molar-refractivity contribution in [2.45, 2.75) is 25.7 Å². The second kappa shape index (κ2) is 8.45. The highest BCUT2D eigenvalue weighted by Gasteiger charge is 1.95. The summed E-state index contributed by atoms with van der Waals surface area (Å²) in [7, 11) is 0. The fraction of sp³-hybridized carbons (Fsp3) is 0.143. The van der Waals surface area contributed by atoms with Crippen LogP contribution < -0.4 is 10.4 Å². The van der Waals surface area contributed by atoms with E-state index in [1.807, 2.05) is 31.2 Å². The Balaban J connectivity index is 3.72. The lowest BCUT2D eigenvalue weighted by atomic mass is 10.1. The van der Waals surface area contributed by atoms with Gasteiger partial charge in [-0.2, -0.15) is 0 Å². The lowest BCUT2D eigenvalue weighted by molar-refractivity contribution is 1.31. The summed E-state index contributed by atoms with van der Waals surface area (Å²) in [5.74, 6) is 0. The maximum absolute atomic E-state index is 4.53. The Morgan fingerprint density at radius 1 is 1.14 bits per heavy atom. The SMILES string of the molecule is C=C/C=C(C)/C=C\c1cc(S)cc(=C)ccc(C)c(C)c1=C. The summed E-state index contributed by atoms with van der Waals surface area (Å²) >= 11 is 4.53. The van der Waals surface area contributed by atoms with Crippen LogP contribution in [0, 0.1) is 13.8 Å². The minimum Gasteiger partial charge on any atom is -0.143 e. The molecular formula is C21H24S. The molecule has 0 N–H and O–H groups in total. The Hall–Kier alpha value is -1.99. The largest absolute Gasteiger partial charge is 0.143 e. The van der Waals surface area contributed by atoms with Crippen molar-refractivity contribution >= 4 is 31.9 Å². The summed E-state index contributed by atoms with van der Waals surface area (Å²) in [6, 6.07) is 8.02. The van der Waals surface area contributed by atoms with Crippen LogP contribution in [0.1, 0.15) is 23.6 Å². The Bertz CT molecular complexity index is 778. The third-order valence-corrected chi connectivity index (χ3v) is 3.74. The van der Waals surface area contributed by atoms with E-state index in [1.165, 1.54) is 5.56 Å². The Kier molecular flexibility index (Phi) is 6.94. The molecule has 0 fully saturated rings. The number of allylic oxidation sites excluding steroid dienone is 4. The van der Waals surface area contributed by atoms with Gasteiger partial charge >= 0.3 is 0 Å². The van der Waals surface area contributed by atoms with E-state index in [-0.39, 0.29) is 0 Å². The highest BCUT2D eigenvalue weighted by atomic mass is 32.1. The Morgan fingerprint density at radius 3 is 2.45 bits per heavy atom. The van der Waals surface area contributed by atoms with Gasteiger partial charge in [-0.25, -0.2) is 0 Å². The maximum Gasteiger partial charge on any atom is 0.00518 e. The van der Waals surface area contributed by atoms with Gasteiger partial charge in [0, 0.05) is 4.90 Å². The molecule has 0 aliphatic rings. The third-order valence-electron chi connectivity index (χ3n) is 3.48. The maximum atomic E-state index is 4.53. The minimum atomic E-state index is 0.855. The first-order chi connectivity index (χ1) is 10.3. The van der Waals surface area contributed by atoms with Gasteiger partial charge in [-0.15, -0.1) is 12.6 Å². The summed E-state index contributed by atoms with van der Waals surface area (Å²) in [6.45, 7) is 18.2. The van der Waals surface area contributed by atoms with Crippen LogP contribution in [-0.2, 0) is 0 Å². The summed E-state index contributed by atoms with van der Waals surface area (Å²) in [6.07, 6.45) is 7.87. The molecule has 0 unspecified atom stereocenters.